The van der Waals surface area contributed by atoms with Crippen LogP contribution in [0.3, 0.4) is 0 Å². The van der Waals surface area contributed by atoms with Crippen molar-refractivity contribution in [2.75, 3.05) is 47.3 Å². The number of esters is 1. The van der Waals surface area contributed by atoms with Gasteiger partial charge in [0.1, 0.15) is 5.00 Å². The normalized spacial score (nSPS) is 10.3. The number of carbonyl (C=O) groups excluding carboxylic acids is 2. The largest absolute Gasteiger partial charge is 0.493 e. The molecule has 1 amide bonds. The summed E-state index contributed by atoms with van der Waals surface area (Å²) in [4.78, 5) is 26.7. The fourth-order valence-electron chi connectivity index (χ4n) is 2.86. The first-order valence-corrected chi connectivity index (χ1v) is 10.6. The summed E-state index contributed by atoms with van der Waals surface area (Å²) in [5, 5.41) is 6.96. The molecule has 0 aliphatic heterocycles. The highest BCUT2D eigenvalue weighted by molar-refractivity contribution is 7.80. The quantitative estimate of drug-likeness (QED) is 0.454. The lowest BCUT2D eigenvalue weighted by Gasteiger charge is -2.12. The average molecular weight is 466 g/mol. The Morgan fingerprint density at radius 2 is 1.81 bits per heavy atom. The molecule has 1 aromatic heterocycles. The van der Waals surface area contributed by atoms with Gasteiger partial charge in [0, 0.05) is 20.6 Å². The summed E-state index contributed by atoms with van der Waals surface area (Å²) in [5.41, 5.74) is 1.92. The van der Waals surface area contributed by atoms with E-state index < -0.39 is 5.97 Å². The number of hydrogen-bond acceptors (Lipinski definition) is 7. The summed E-state index contributed by atoms with van der Waals surface area (Å²) in [6.45, 7) is 2.28. The fourth-order valence-corrected chi connectivity index (χ4v) is 4.35. The van der Waals surface area contributed by atoms with Crippen molar-refractivity contribution in [2.24, 2.45) is 0 Å². The maximum atomic E-state index is 12.4. The summed E-state index contributed by atoms with van der Waals surface area (Å²) in [6.07, 6.45) is 0.694. The lowest BCUT2D eigenvalue weighted by Crippen LogP contribution is -2.30. The van der Waals surface area contributed by atoms with Gasteiger partial charge in [-0.25, -0.2) is 4.79 Å². The van der Waals surface area contributed by atoms with E-state index in [9.17, 15) is 9.59 Å². The Labute approximate surface area is 191 Å². The molecule has 2 aromatic rings. The second kappa shape index (κ2) is 11.0. The highest BCUT2D eigenvalue weighted by atomic mass is 32.1. The summed E-state index contributed by atoms with van der Waals surface area (Å²) in [7, 11) is 7.81. The maximum Gasteiger partial charge on any atom is 0.341 e. The summed E-state index contributed by atoms with van der Waals surface area (Å²) in [5.74, 6) is 0.619. The van der Waals surface area contributed by atoms with E-state index in [1.54, 1.807) is 35.2 Å². The lowest BCUT2D eigenvalue weighted by molar-refractivity contribution is 0.0601. The van der Waals surface area contributed by atoms with Crippen LogP contribution >= 0.6 is 23.6 Å². The third kappa shape index (κ3) is 5.86. The molecule has 8 nitrogen and oxygen atoms in total. The van der Waals surface area contributed by atoms with E-state index in [4.69, 9.17) is 26.4 Å². The molecule has 0 aliphatic carbocycles. The van der Waals surface area contributed by atoms with Crippen molar-refractivity contribution in [1.82, 2.24) is 10.2 Å². The van der Waals surface area contributed by atoms with Crippen LogP contribution in [0.25, 0.3) is 0 Å². The number of ether oxygens (including phenoxy) is 3. The first-order valence-electron chi connectivity index (χ1n) is 9.42. The molecule has 2 rings (SSSR count). The number of rotatable bonds is 8. The molecule has 0 saturated carbocycles. The third-order valence-corrected chi connectivity index (χ3v) is 5.95. The molecule has 0 aliphatic rings. The standard InChI is InChI=1S/C21H27N3O5S2/c1-12-16(20(26)29-6)18(31-17(12)19(25)24(2)3)23-21(30)22-10-9-13-7-8-14(27-4)15(11-13)28-5/h7-8,11H,9-10H2,1-6H3,(H2,22,23,30). The molecule has 0 saturated heterocycles. The zero-order valence-electron chi connectivity index (χ0n) is 18.5. The monoisotopic (exact) mass is 465 g/mol. The molecule has 0 radical (unpaired) electrons. The Morgan fingerprint density at radius 1 is 1.13 bits per heavy atom. The second-order valence-corrected chi connectivity index (χ2v) is 8.20. The lowest BCUT2D eigenvalue weighted by atomic mass is 10.1. The molecule has 0 bridgehead atoms. The molecule has 0 unspecified atom stereocenters. The smallest absolute Gasteiger partial charge is 0.341 e. The van der Waals surface area contributed by atoms with Gasteiger partial charge in [-0.05, 0) is 48.8 Å². The van der Waals surface area contributed by atoms with Gasteiger partial charge in [-0.1, -0.05) is 6.07 Å². The minimum atomic E-state index is -0.526. The molecule has 0 spiro atoms. The fraction of sp³-hybridized carbons (Fsp3) is 0.381. The SMILES string of the molecule is COC(=O)c1c(NC(=S)NCCc2ccc(OC)c(OC)c2)sc(C(=O)N(C)C)c1C. The van der Waals surface area contributed by atoms with Crippen molar-refractivity contribution in [3.8, 4) is 11.5 Å². The van der Waals surface area contributed by atoms with Crippen molar-refractivity contribution in [2.45, 2.75) is 13.3 Å². The van der Waals surface area contributed by atoms with E-state index in [0.717, 1.165) is 5.56 Å². The van der Waals surface area contributed by atoms with Gasteiger partial charge in [0.15, 0.2) is 16.6 Å². The number of methoxy groups -OCH3 is 3. The number of carbonyl (C=O) groups is 2. The minimum Gasteiger partial charge on any atom is -0.493 e. The van der Waals surface area contributed by atoms with Gasteiger partial charge < -0.3 is 29.7 Å². The first-order chi connectivity index (χ1) is 14.7. The Balaban J connectivity index is 2.09. The Morgan fingerprint density at radius 3 is 2.39 bits per heavy atom. The predicted octanol–water partition coefficient (Wildman–Crippen LogP) is 3.09. The van der Waals surface area contributed by atoms with Crippen LogP contribution in [0.4, 0.5) is 5.00 Å². The number of thiophene rings is 1. The highest BCUT2D eigenvalue weighted by Crippen LogP contribution is 2.34. The predicted molar refractivity (Wildman–Crippen MR) is 126 cm³/mol. The van der Waals surface area contributed by atoms with E-state index in [-0.39, 0.29) is 5.91 Å². The van der Waals surface area contributed by atoms with Gasteiger partial charge in [-0.2, -0.15) is 0 Å². The molecule has 1 heterocycles. The van der Waals surface area contributed by atoms with Crippen molar-refractivity contribution in [3.05, 3.63) is 39.8 Å². The Hall–Kier alpha value is -2.85. The Kier molecular flexibility index (Phi) is 8.64. The zero-order valence-corrected chi connectivity index (χ0v) is 20.1. The minimum absolute atomic E-state index is 0.187. The first kappa shape index (κ1) is 24.4. The molecule has 0 atom stereocenters. The van der Waals surface area contributed by atoms with Gasteiger partial charge in [-0.3, -0.25) is 4.79 Å². The molecule has 2 N–H and O–H groups in total. The number of nitrogens with one attached hydrogen (secondary N) is 2. The second-order valence-electron chi connectivity index (χ2n) is 6.77. The summed E-state index contributed by atoms with van der Waals surface area (Å²) >= 11 is 6.56. The molecular formula is C21H27N3O5S2. The van der Waals surface area contributed by atoms with Crippen LogP contribution in [0.2, 0.25) is 0 Å². The van der Waals surface area contributed by atoms with Crippen LogP contribution in [0.1, 0.15) is 31.2 Å². The molecular weight excluding hydrogens is 438 g/mol. The number of hydrogen-bond donors (Lipinski definition) is 2. The van der Waals surface area contributed by atoms with Crippen LogP contribution in [-0.2, 0) is 11.2 Å². The van der Waals surface area contributed by atoms with Gasteiger partial charge in [-0.15, -0.1) is 11.3 Å². The number of benzene rings is 1. The van der Waals surface area contributed by atoms with Crippen LogP contribution < -0.4 is 20.1 Å². The van der Waals surface area contributed by atoms with Gasteiger partial charge in [0.25, 0.3) is 5.91 Å². The summed E-state index contributed by atoms with van der Waals surface area (Å²) < 4.78 is 15.5. The van der Waals surface area contributed by atoms with Crippen LogP contribution in [0.5, 0.6) is 11.5 Å². The number of anilines is 1. The number of thiocarbonyl (C=S) groups is 1. The van der Waals surface area contributed by atoms with Crippen LogP contribution in [0.15, 0.2) is 18.2 Å². The molecule has 10 heteroatoms. The third-order valence-electron chi connectivity index (χ3n) is 4.51. The van der Waals surface area contributed by atoms with E-state index in [1.807, 2.05) is 18.2 Å². The molecule has 31 heavy (non-hydrogen) atoms. The van der Waals surface area contributed by atoms with E-state index in [2.05, 4.69) is 10.6 Å². The molecule has 0 fully saturated rings. The topological polar surface area (TPSA) is 89.1 Å². The van der Waals surface area contributed by atoms with Gasteiger partial charge >= 0.3 is 5.97 Å². The Bertz CT molecular complexity index is 972. The van der Waals surface area contributed by atoms with E-state index in [1.165, 1.54) is 23.3 Å². The van der Waals surface area contributed by atoms with Crippen molar-refractivity contribution in [3.63, 3.8) is 0 Å². The summed E-state index contributed by atoms with van der Waals surface area (Å²) in [6, 6.07) is 5.72. The van der Waals surface area contributed by atoms with E-state index in [0.29, 0.717) is 50.6 Å². The van der Waals surface area contributed by atoms with Crippen molar-refractivity contribution in [1.29, 1.82) is 0 Å². The van der Waals surface area contributed by atoms with Crippen LogP contribution in [-0.4, -0.2) is 63.9 Å². The average Bonchev–Trinajstić information content (AvgIpc) is 3.07. The van der Waals surface area contributed by atoms with E-state index >= 15 is 0 Å². The van der Waals surface area contributed by atoms with Gasteiger partial charge in [0.2, 0.25) is 0 Å². The zero-order chi connectivity index (χ0) is 23.1. The number of amides is 1. The van der Waals surface area contributed by atoms with Gasteiger partial charge in [0.05, 0.1) is 31.8 Å². The molecule has 1 aromatic carbocycles. The number of nitrogens with zero attached hydrogens (tertiary/aromatic N) is 1. The van der Waals surface area contributed by atoms with Crippen LogP contribution in [0, 0.1) is 6.92 Å². The maximum absolute atomic E-state index is 12.4. The highest BCUT2D eigenvalue weighted by Gasteiger charge is 2.26. The van der Waals surface area contributed by atoms with Crippen molar-refractivity contribution >= 4 is 45.5 Å². The van der Waals surface area contributed by atoms with Crippen molar-refractivity contribution < 1.29 is 23.8 Å². The molecule has 168 valence electrons.